The Morgan fingerprint density at radius 3 is 2.33 bits per heavy atom. The van der Waals surface area contributed by atoms with Crippen molar-refractivity contribution in [1.82, 2.24) is 9.44 Å². The molecule has 0 aromatic heterocycles. The van der Waals surface area contributed by atoms with Crippen molar-refractivity contribution >= 4 is 16.0 Å². The molecular weight excluding hydrogens is 256 g/mol. The van der Waals surface area contributed by atoms with Gasteiger partial charge in [-0.1, -0.05) is 37.8 Å². The molecule has 0 amide bonds. The van der Waals surface area contributed by atoms with E-state index >= 15 is 0 Å². The lowest BCUT2D eigenvalue weighted by Gasteiger charge is -2.31. The molecule has 0 saturated heterocycles. The summed E-state index contributed by atoms with van der Waals surface area (Å²) in [4.78, 5) is 0. The van der Waals surface area contributed by atoms with Crippen LogP contribution in [0.2, 0.25) is 0 Å². The quantitative estimate of drug-likeness (QED) is 0.190. The Morgan fingerprint density at radius 1 is 1.33 bits per heavy atom. The highest BCUT2D eigenvalue weighted by molar-refractivity contribution is 7.87. The maximum absolute atomic E-state index is 11.8. The summed E-state index contributed by atoms with van der Waals surface area (Å²) in [5, 5.41) is 11.9. The fourth-order valence-corrected chi connectivity index (χ4v) is 3.60. The fraction of sp³-hybridized carbons (Fsp3) is 0.900. The molecule has 0 radical (unpaired) electrons. The molecule has 1 aliphatic carbocycles. The van der Waals surface area contributed by atoms with Crippen LogP contribution in [0, 0.1) is 0 Å². The van der Waals surface area contributed by atoms with Crippen molar-refractivity contribution in [3.8, 4) is 0 Å². The standard InChI is InChI=1S/C10H22N4O3S/c1-2-12-18(16,17)14-10(9(11)13-15)7-5-3-4-6-8-10/h12,14-15H,2-8H2,1H3,(H2,11,13). The van der Waals surface area contributed by atoms with E-state index in [-0.39, 0.29) is 5.84 Å². The average Bonchev–Trinajstić information content (AvgIpc) is 2.53. The SMILES string of the molecule is CCNS(=O)(=O)NC1(C(N)=NO)CCCCCC1. The number of oxime groups is 1. The van der Waals surface area contributed by atoms with Gasteiger partial charge in [0.1, 0.15) is 0 Å². The van der Waals surface area contributed by atoms with Crippen molar-refractivity contribution in [2.24, 2.45) is 10.9 Å². The summed E-state index contributed by atoms with van der Waals surface area (Å²) in [6, 6.07) is 0. The van der Waals surface area contributed by atoms with Crippen LogP contribution < -0.4 is 15.2 Å². The van der Waals surface area contributed by atoms with E-state index in [2.05, 4.69) is 14.6 Å². The number of hydrogen-bond donors (Lipinski definition) is 4. The minimum atomic E-state index is -3.63. The molecule has 0 aromatic rings. The monoisotopic (exact) mass is 278 g/mol. The second kappa shape index (κ2) is 6.35. The molecule has 0 atom stereocenters. The fourth-order valence-electron chi connectivity index (χ4n) is 2.32. The van der Waals surface area contributed by atoms with Gasteiger partial charge in [0.05, 0.1) is 5.54 Å². The van der Waals surface area contributed by atoms with Gasteiger partial charge in [0.15, 0.2) is 5.84 Å². The maximum Gasteiger partial charge on any atom is 0.277 e. The van der Waals surface area contributed by atoms with Gasteiger partial charge in [0.2, 0.25) is 0 Å². The molecular formula is C10H22N4O3S. The number of nitrogens with one attached hydrogen (secondary N) is 2. The second-order valence-corrected chi connectivity index (χ2v) is 6.08. The lowest BCUT2D eigenvalue weighted by atomic mass is 9.90. The summed E-state index contributed by atoms with van der Waals surface area (Å²) in [7, 11) is -3.63. The number of nitrogens with zero attached hydrogens (tertiary/aromatic N) is 1. The highest BCUT2D eigenvalue weighted by Gasteiger charge is 2.39. The lowest BCUT2D eigenvalue weighted by Crippen LogP contribution is -2.59. The predicted molar refractivity (Wildman–Crippen MR) is 69.6 cm³/mol. The van der Waals surface area contributed by atoms with Crippen LogP contribution in [0.25, 0.3) is 0 Å². The van der Waals surface area contributed by atoms with E-state index in [4.69, 9.17) is 10.9 Å². The van der Waals surface area contributed by atoms with Gasteiger partial charge in [-0.25, -0.2) is 4.72 Å². The summed E-state index contributed by atoms with van der Waals surface area (Å²) in [5.74, 6) is -0.0640. The normalized spacial score (nSPS) is 21.5. The van der Waals surface area contributed by atoms with Crippen molar-refractivity contribution in [1.29, 1.82) is 0 Å². The van der Waals surface area contributed by atoms with Crippen LogP contribution in [0.3, 0.4) is 0 Å². The van der Waals surface area contributed by atoms with Crippen LogP contribution in [0.4, 0.5) is 0 Å². The second-order valence-electron chi connectivity index (χ2n) is 4.58. The van der Waals surface area contributed by atoms with E-state index in [1.807, 2.05) is 0 Å². The molecule has 1 aliphatic rings. The average molecular weight is 278 g/mol. The minimum Gasteiger partial charge on any atom is -0.409 e. The van der Waals surface area contributed by atoms with Crippen LogP contribution in [0.1, 0.15) is 45.4 Å². The van der Waals surface area contributed by atoms with E-state index in [0.29, 0.717) is 19.4 Å². The molecule has 8 heteroatoms. The predicted octanol–water partition coefficient (Wildman–Crippen LogP) is 0.270. The molecule has 7 nitrogen and oxygen atoms in total. The molecule has 0 bridgehead atoms. The van der Waals surface area contributed by atoms with Gasteiger partial charge >= 0.3 is 0 Å². The summed E-state index contributed by atoms with van der Waals surface area (Å²) >= 11 is 0. The zero-order chi connectivity index (χ0) is 13.6. The van der Waals surface area contributed by atoms with Gasteiger partial charge in [-0.05, 0) is 12.8 Å². The van der Waals surface area contributed by atoms with Gasteiger partial charge in [-0.2, -0.15) is 13.1 Å². The van der Waals surface area contributed by atoms with Crippen molar-refractivity contribution in [3.05, 3.63) is 0 Å². The first-order valence-corrected chi connectivity index (χ1v) is 7.70. The third-order valence-electron chi connectivity index (χ3n) is 3.22. The van der Waals surface area contributed by atoms with Crippen molar-refractivity contribution in [2.45, 2.75) is 51.0 Å². The van der Waals surface area contributed by atoms with Crippen LogP contribution >= 0.6 is 0 Å². The third kappa shape index (κ3) is 3.82. The summed E-state index contributed by atoms with van der Waals surface area (Å²) in [5.41, 5.74) is 4.73. The van der Waals surface area contributed by atoms with E-state index in [0.717, 1.165) is 25.7 Å². The smallest absolute Gasteiger partial charge is 0.277 e. The zero-order valence-electron chi connectivity index (χ0n) is 10.6. The van der Waals surface area contributed by atoms with Gasteiger partial charge in [0, 0.05) is 6.54 Å². The topological polar surface area (TPSA) is 117 Å². The highest BCUT2D eigenvalue weighted by Crippen LogP contribution is 2.28. The zero-order valence-corrected chi connectivity index (χ0v) is 11.5. The Hall–Kier alpha value is -0.860. The molecule has 0 unspecified atom stereocenters. The Balaban J connectivity index is 2.97. The van der Waals surface area contributed by atoms with Crippen molar-refractivity contribution < 1.29 is 13.6 Å². The van der Waals surface area contributed by atoms with E-state index in [1.165, 1.54) is 0 Å². The molecule has 5 N–H and O–H groups in total. The van der Waals surface area contributed by atoms with Gasteiger partial charge in [-0.15, -0.1) is 0 Å². The molecule has 0 spiro atoms. The van der Waals surface area contributed by atoms with Crippen LogP contribution in [0.15, 0.2) is 5.16 Å². The first kappa shape index (κ1) is 15.2. The van der Waals surface area contributed by atoms with Crippen molar-refractivity contribution in [2.75, 3.05) is 6.54 Å². The van der Waals surface area contributed by atoms with E-state index in [9.17, 15) is 8.42 Å². The largest absolute Gasteiger partial charge is 0.409 e. The highest BCUT2D eigenvalue weighted by atomic mass is 32.2. The molecule has 106 valence electrons. The lowest BCUT2D eigenvalue weighted by molar-refractivity contribution is 0.305. The van der Waals surface area contributed by atoms with Crippen LogP contribution in [-0.4, -0.2) is 31.5 Å². The molecule has 0 heterocycles. The molecule has 18 heavy (non-hydrogen) atoms. The van der Waals surface area contributed by atoms with Gasteiger partial charge in [-0.3, -0.25) is 0 Å². The molecule has 1 fully saturated rings. The maximum atomic E-state index is 11.8. The molecule has 1 saturated carbocycles. The summed E-state index contributed by atoms with van der Waals surface area (Å²) in [6.07, 6.45) is 4.86. The number of rotatable bonds is 5. The first-order valence-electron chi connectivity index (χ1n) is 6.22. The minimum absolute atomic E-state index is 0.0640. The van der Waals surface area contributed by atoms with Gasteiger partial charge < -0.3 is 10.9 Å². The van der Waals surface area contributed by atoms with Crippen LogP contribution in [-0.2, 0) is 10.2 Å². The molecule has 0 aliphatic heterocycles. The van der Waals surface area contributed by atoms with Crippen molar-refractivity contribution in [3.63, 3.8) is 0 Å². The Morgan fingerprint density at radius 2 is 1.89 bits per heavy atom. The summed E-state index contributed by atoms with van der Waals surface area (Å²) < 4.78 is 28.6. The number of hydrogen-bond acceptors (Lipinski definition) is 4. The summed E-state index contributed by atoms with van der Waals surface area (Å²) in [6.45, 7) is 1.99. The molecule has 1 rings (SSSR count). The number of nitrogens with two attached hydrogens (primary N) is 1. The first-order chi connectivity index (χ1) is 8.46. The van der Waals surface area contributed by atoms with E-state index < -0.39 is 15.7 Å². The Bertz CT molecular complexity index is 386. The number of amidine groups is 1. The third-order valence-corrected chi connectivity index (χ3v) is 4.55. The van der Waals surface area contributed by atoms with E-state index in [1.54, 1.807) is 6.92 Å². The van der Waals surface area contributed by atoms with Crippen LogP contribution in [0.5, 0.6) is 0 Å². The van der Waals surface area contributed by atoms with Gasteiger partial charge in [0.25, 0.3) is 10.2 Å². The molecule has 0 aromatic carbocycles. The Kier molecular flexibility index (Phi) is 5.36. The Labute approximate surface area is 108 Å².